The van der Waals surface area contributed by atoms with Gasteiger partial charge < -0.3 is 16.0 Å². The Bertz CT molecular complexity index is 591. The van der Waals surface area contributed by atoms with Crippen LogP contribution in [0, 0.1) is 6.92 Å². The van der Waals surface area contributed by atoms with Crippen molar-refractivity contribution >= 4 is 22.1 Å². The second-order valence-electron chi connectivity index (χ2n) is 5.38. The minimum Gasteiger partial charge on any atom is -0.398 e. The van der Waals surface area contributed by atoms with E-state index in [-0.39, 0.29) is 0 Å². The fourth-order valence-corrected chi connectivity index (χ4v) is 2.59. The van der Waals surface area contributed by atoms with Crippen molar-refractivity contribution in [2.24, 2.45) is 0 Å². The van der Waals surface area contributed by atoms with Gasteiger partial charge in [0.05, 0.1) is 0 Å². The summed E-state index contributed by atoms with van der Waals surface area (Å²) in [5, 5.41) is 5.72. The van der Waals surface area contributed by atoms with Crippen LogP contribution in [-0.2, 0) is 0 Å². The Balaban J connectivity index is 2.05. The lowest BCUT2D eigenvalue weighted by Gasteiger charge is -2.18. The number of aryl methyl sites for hydroxylation is 1. The van der Waals surface area contributed by atoms with Gasteiger partial charge in [-0.3, -0.25) is 4.98 Å². The van der Waals surface area contributed by atoms with Crippen molar-refractivity contribution in [1.82, 2.24) is 9.88 Å². The van der Waals surface area contributed by atoms with Crippen molar-refractivity contribution in [3.8, 4) is 0 Å². The van der Waals surface area contributed by atoms with Gasteiger partial charge in [0.2, 0.25) is 0 Å². The van der Waals surface area contributed by atoms with E-state index >= 15 is 0 Å². The second kappa shape index (κ2) is 7.27. The highest BCUT2D eigenvalue weighted by atomic mass is 15.1. The number of benzene rings is 1. The van der Waals surface area contributed by atoms with E-state index in [4.69, 9.17) is 5.73 Å². The predicted octanol–water partition coefficient (Wildman–Crippen LogP) is 3.27. The molecule has 0 bridgehead atoms. The molecule has 0 fully saturated rings. The zero-order valence-corrected chi connectivity index (χ0v) is 13.3. The second-order valence-corrected chi connectivity index (χ2v) is 5.38. The average Bonchev–Trinajstić information content (AvgIpc) is 2.49. The maximum Gasteiger partial charge on any atom is 0.0422 e. The molecule has 0 saturated heterocycles. The Morgan fingerprint density at radius 3 is 2.67 bits per heavy atom. The molecule has 0 saturated carbocycles. The van der Waals surface area contributed by atoms with Gasteiger partial charge in [0, 0.05) is 40.6 Å². The highest BCUT2D eigenvalue weighted by molar-refractivity contribution is 6.00. The maximum atomic E-state index is 6.03. The molecule has 0 amide bonds. The zero-order chi connectivity index (χ0) is 15.2. The average molecular weight is 286 g/mol. The Labute approximate surface area is 127 Å². The number of nitrogens with zero attached hydrogens (tertiary/aromatic N) is 2. The fraction of sp³-hybridized carbons (Fsp3) is 0.471. The van der Waals surface area contributed by atoms with E-state index in [2.05, 4.69) is 41.2 Å². The minimum absolute atomic E-state index is 0.784. The molecule has 0 spiro atoms. The van der Waals surface area contributed by atoms with Gasteiger partial charge in [0.25, 0.3) is 0 Å². The topological polar surface area (TPSA) is 54.2 Å². The number of hydrogen-bond donors (Lipinski definition) is 2. The first kappa shape index (κ1) is 15.6. The predicted molar refractivity (Wildman–Crippen MR) is 91.8 cm³/mol. The van der Waals surface area contributed by atoms with Crippen LogP contribution in [0.3, 0.4) is 0 Å². The highest BCUT2D eigenvalue weighted by Gasteiger charge is 2.05. The summed E-state index contributed by atoms with van der Waals surface area (Å²) in [6.07, 6.45) is 3.00. The molecule has 1 aromatic carbocycles. The maximum absolute atomic E-state index is 6.03. The molecule has 0 atom stereocenters. The van der Waals surface area contributed by atoms with Crippen LogP contribution in [0.1, 0.15) is 26.0 Å². The number of hydrogen-bond acceptors (Lipinski definition) is 4. The molecule has 2 rings (SSSR count). The fourth-order valence-electron chi connectivity index (χ4n) is 2.59. The molecule has 0 aliphatic carbocycles. The van der Waals surface area contributed by atoms with Crippen molar-refractivity contribution in [3.63, 3.8) is 0 Å². The van der Waals surface area contributed by atoms with Crippen LogP contribution in [0.25, 0.3) is 10.8 Å². The Morgan fingerprint density at radius 2 is 1.95 bits per heavy atom. The number of rotatable bonds is 7. The molecule has 21 heavy (non-hydrogen) atoms. The molecule has 4 heteroatoms. The first-order valence-electron chi connectivity index (χ1n) is 7.76. The van der Waals surface area contributed by atoms with Crippen LogP contribution in [0.2, 0.25) is 0 Å². The van der Waals surface area contributed by atoms with Crippen LogP contribution in [-0.4, -0.2) is 36.1 Å². The van der Waals surface area contributed by atoms with Crippen LogP contribution in [0.4, 0.5) is 11.4 Å². The molecule has 0 radical (unpaired) electrons. The molecule has 0 aliphatic rings. The van der Waals surface area contributed by atoms with E-state index in [0.29, 0.717) is 0 Å². The molecule has 4 nitrogen and oxygen atoms in total. The summed E-state index contributed by atoms with van der Waals surface area (Å²) in [7, 11) is 0. The SMILES string of the molecule is CCN(CC)CCCNc1ccc(N)c2cnc(C)cc12. The van der Waals surface area contributed by atoms with E-state index in [1.165, 1.54) is 0 Å². The summed E-state index contributed by atoms with van der Waals surface area (Å²) in [6.45, 7) is 10.8. The van der Waals surface area contributed by atoms with Crippen LogP contribution >= 0.6 is 0 Å². The van der Waals surface area contributed by atoms with Crippen LogP contribution in [0.5, 0.6) is 0 Å². The first-order valence-corrected chi connectivity index (χ1v) is 7.76. The summed E-state index contributed by atoms with van der Waals surface area (Å²) in [5.41, 5.74) is 8.97. The molecular weight excluding hydrogens is 260 g/mol. The summed E-state index contributed by atoms with van der Waals surface area (Å²) >= 11 is 0. The summed E-state index contributed by atoms with van der Waals surface area (Å²) < 4.78 is 0. The minimum atomic E-state index is 0.784. The third-order valence-electron chi connectivity index (χ3n) is 3.93. The Hall–Kier alpha value is -1.81. The number of pyridine rings is 1. The van der Waals surface area contributed by atoms with Gasteiger partial charge in [-0.25, -0.2) is 0 Å². The van der Waals surface area contributed by atoms with E-state index in [1.807, 2.05) is 19.2 Å². The third kappa shape index (κ3) is 3.85. The molecule has 1 aromatic heterocycles. The monoisotopic (exact) mass is 286 g/mol. The number of fused-ring (bicyclic) bond motifs is 1. The van der Waals surface area contributed by atoms with Crippen molar-refractivity contribution < 1.29 is 0 Å². The van der Waals surface area contributed by atoms with Crippen molar-refractivity contribution in [1.29, 1.82) is 0 Å². The number of nitrogens with two attached hydrogens (primary N) is 1. The van der Waals surface area contributed by atoms with Crippen LogP contribution in [0.15, 0.2) is 24.4 Å². The lowest BCUT2D eigenvalue weighted by atomic mass is 10.1. The molecule has 0 aliphatic heterocycles. The van der Waals surface area contributed by atoms with Crippen molar-refractivity contribution in [3.05, 3.63) is 30.1 Å². The Morgan fingerprint density at radius 1 is 1.19 bits per heavy atom. The smallest absolute Gasteiger partial charge is 0.0422 e. The largest absolute Gasteiger partial charge is 0.398 e. The van der Waals surface area contributed by atoms with E-state index in [9.17, 15) is 0 Å². The summed E-state index contributed by atoms with van der Waals surface area (Å²) in [6, 6.07) is 6.11. The number of nitrogens with one attached hydrogen (secondary N) is 1. The molecule has 114 valence electrons. The lowest BCUT2D eigenvalue weighted by Crippen LogP contribution is -2.25. The number of aromatic nitrogens is 1. The van der Waals surface area contributed by atoms with Gasteiger partial charge in [-0.05, 0) is 51.2 Å². The molecule has 3 N–H and O–H groups in total. The van der Waals surface area contributed by atoms with Gasteiger partial charge in [0.15, 0.2) is 0 Å². The molecule has 0 unspecified atom stereocenters. The zero-order valence-electron chi connectivity index (χ0n) is 13.3. The molecular formula is C17H26N4. The lowest BCUT2D eigenvalue weighted by molar-refractivity contribution is 0.303. The van der Waals surface area contributed by atoms with Gasteiger partial charge in [-0.2, -0.15) is 0 Å². The van der Waals surface area contributed by atoms with Gasteiger partial charge in [0.1, 0.15) is 0 Å². The first-order chi connectivity index (χ1) is 10.2. The molecule has 1 heterocycles. The third-order valence-corrected chi connectivity index (χ3v) is 3.93. The highest BCUT2D eigenvalue weighted by Crippen LogP contribution is 2.28. The quantitative estimate of drug-likeness (QED) is 0.606. The summed E-state index contributed by atoms with van der Waals surface area (Å²) in [4.78, 5) is 6.78. The standard InChI is InChI=1S/C17H26N4/c1-4-21(5-2)10-6-9-19-17-8-7-16(18)15-12-20-13(3)11-14(15)17/h7-8,11-12,19H,4-6,9-10,18H2,1-3H3. The normalized spacial score (nSPS) is 11.2. The number of anilines is 2. The van der Waals surface area contributed by atoms with Gasteiger partial charge in [-0.1, -0.05) is 13.8 Å². The number of nitrogen functional groups attached to an aromatic ring is 1. The summed E-state index contributed by atoms with van der Waals surface area (Å²) in [5.74, 6) is 0. The molecule has 2 aromatic rings. The van der Waals surface area contributed by atoms with Crippen molar-refractivity contribution in [2.45, 2.75) is 27.2 Å². The van der Waals surface area contributed by atoms with Crippen molar-refractivity contribution in [2.75, 3.05) is 37.2 Å². The van der Waals surface area contributed by atoms with Crippen LogP contribution < -0.4 is 11.1 Å². The Kier molecular flexibility index (Phi) is 5.39. The van der Waals surface area contributed by atoms with Gasteiger partial charge >= 0.3 is 0 Å². The van der Waals surface area contributed by atoms with E-state index in [1.54, 1.807) is 0 Å². The van der Waals surface area contributed by atoms with E-state index in [0.717, 1.165) is 60.4 Å². The van der Waals surface area contributed by atoms with Gasteiger partial charge in [-0.15, -0.1) is 0 Å². The van der Waals surface area contributed by atoms with E-state index < -0.39 is 0 Å².